The monoisotopic (exact) mass is 283 g/mol. The second-order valence-corrected chi connectivity index (χ2v) is 5.69. The summed E-state index contributed by atoms with van der Waals surface area (Å²) in [6, 6.07) is 0.00359. The van der Waals surface area contributed by atoms with E-state index in [1.807, 2.05) is 24.1 Å². The van der Waals surface area contributed by atoms with Gasteiger partial charge in [0.1, 0.15) is 0 Å². The molecule has 0 aromatic carbocycles. The van der Waals surface area contributed by atoms with Crippen LogP contribution in [0.2, 0.25) is 0 Å². The van der Waals surface area contributed by atoms with Crippen molar-refractivity contribution in [2.24, 2.45) is 0 Å². The SMILES string of the molecule is CCCc1csc(NC(=O)N2CCO[C@H](C)[C@H]2C)n1. The molecule has 1 saturated heterocycles. The van der Waals surface area contributed by atoms with Gasteiger partial charge >= 0.3 is 6.03 Å². The van der Waals surface area contributed by atoms with E-state index in [1.165, 1.54) is 11.3 Å². The van der Waals surface area contributed by atoms with E-state index < -0.39 is 0 Å². The Labute approximate surface area is 118 Å². The third-order valence-corrected chi connectivity index (χ3v) is 4.22. The second-order valence-electron chi connectivity index (χ2n) is 4.83. The van der Waals surface area contributed by atoms with Gasteiger partial charge < -0.3 is 9.64 Å². The van der Waals surface area contributed by atoms with Crippen molar-refractivity contribution in [1.82, 2.24) is 9.88 Å². The van der Waals surface area contributed by atoms with E-state index in [0.717, 1.165) is 18.5 Å². The number of carbonyl (C=O) groups excluding carboxylic acids is 1. The molecule has 0 spiro atoms. The quantitative estimate of drug-likeness (QED) is 0.928. The summed E-state index contributed by atoms with van der Waals surface area (Å²) in [4.78, 5) is 18.4. The molecule has 19 heavy (non-hydrogen) atoms. The smallest absolute Gasteiger partial charge is 0.324 e. The van der Waals surface area contributed by atoms with Crippen LogP contribution in [0.4, 0.5) is 9.93 Å². The van der Waals surface area contributed by atoms with Crippen LogP contribution in [0.25, 0.3) is 0 Å². The largest absolute Gasteiger partial charge is 0.375 e. The molecule has 1 N–H and O–H groups in total. The number of nitrogens with zero attached hydrogens (tertiary/aromatic N) is 2. The minimum atomic E-state index is -0.0833. The van der Waals surface area contributed by atoms with E-state index in [0.29, 0.717) is 18.3 Å². The first-order chi connectivity index (χ1) is 9.11. The Bertz CT molecular complexity index is 435. The minimum Gasteiger partial charge on any atom is -0.375 e. The third kappa shape index (κ3) is 3.45. The molecular weight excluding hydrogens is 262 g/mol. The summed E-state index contributed by atoms with van der Waals surface area (Å²) < 4.78 is 5.52. The fourth-order valence-electron chi connectivity index (χ4n) is 2.12. The number of urea groups is 1. The Balaban J connectivity index is 1.95. The zero-order valence-electron chi connectivity index (χ0n) is 11.7. The lowest BCUT2D eigenvalue weighted by molar-refractivity contribution is -0.0355. The maximum Gasteiger partial charge on any atom is 0.324 e. The van der Waals surface area contributed by atoms with Crippen molar-refractivity contribution in [2.75, 3.05) is 18.5 Å². The Kier molecular flexibility index (Phi) is 4.76. The summed E-state index contributed by atoms with van der Waals surface area (Å²) in [6.45, 7) is 7.34. The lowest BCUT2D eigenvalue weighted by atomic mass is 10.1. The molecule has 2 amide bonds. The van der Waals surface area contributed by atoms with Crippen LogP contribution in [0.5, 0.6) is 0 Å². The maximum atomic E-state index is 12.2. The molecule has 1 aromatic rings. The predicted octanol–water partition coefficient (Wildman–Crippen LogP) is 2.74. The second kappa shape index (κ2) is 6.34. The Morgan fingerprint density at radius 2 is 2.42 bits per heavy atom. The molecule has 0 saturated carbocycles. The van der Waals surface area contributed by atoms with Crippen molar-refractivity contribution in [2.45, 2.75) is 45.8 Å². The molecule has 0 bridgehead atoms. The number of anilines is 1. The first kappa shape index (κ1) is 14.3. The van der Waals surface area contributed by atoms with Gasteiger partial charge in [-0.15, -0.1) is 11.3 Å². The molecule has 6 heteroatoms. The van der Waals surface area contributed by atoms with Gasteiger partial charge in [0.05, 0.1) is 24.4 Å². The molecule has 0 radical (unpaired) electrons. The molecule has 2 atom stereocenters. The highest BCUT2D eigenvalue weighted by molar-refractivity contribution is 7.13. The van der Waals surface area contributed by atoms with Crippen LogP contribution in [-0.2, 0) is 11.2 Å². The van der Waals surface area contributed by atoms with E-state index in [4.69, 9.17) is 4.74 Å². The molecule has 1 aliphatic rings. The number of morpholine rings is 1. The average molecular weight is 283 g/mol. The van der Waals surface area contributed by atoms with Gasteiger partial charge in [0.15, 0.2) is 5.13 Å². The van der Waals surface area contributed by atoms with Gasteiger partial charge in [0.2, 0.25) is 0 Å². The molecule has 106 valence electrons. The number of hydrogen-bond acceptors (Lipinski definition) is 4. The molecule has 0 unspecified atom stereocenters. The average Bonchev–Trinajstić information content (AvgIpc) is 2.80. The highest BCUT2D eigenvalue weighted by Crippen LogP contribution is 2.19. The molecule has 2 heterocycles. The fraction of sp³-hybridized carbons (Fsp3) is 0.692. The van der Waals surface area contributed by atoms with Crippen molar-refractivity contribution < 1.29 is 9.53 Å². The van der Waals surface area contributed by atoms with Gasteiger partial charge in [-0.3, -0.25) is 5.32 Å². The van der Waals surface area contributed by atoms with Crippen LogP contribution in [-0.4, -0.2) is 41.2 Å². The molecule has 0 aliphatic carbocycles. The zero-order chi connectivity index (χ0) is 13.8. The summed E-state index contributed by atoms with van der Waals surface area (Å²) in [7, 11) is 0. The van der Waals surface area contributed by atoms with Crippen molar-refractivity contribution in [3.05, 3.63) is 11.1 Å². The number of hydrogen-bond donors (Lipinski definition) is 1. The number of ether oxygens (including phenoxy) is 1. The number of nitrogens with one attached hydrogen (secondary N) is 1. The number of amides is 2. The number of aromatic nitrogens is 1. The first-order valence-corrected chi connectivity index (χ1v) is 7.63. The van der Waals surface area contributed by atoms with Gasteiger partial charge in [-0.1, -0.05) is 13.3 Å². The maximum absolute atomic E-state index is 12.2. The van der Waals surface area contributed by atoms with E-state index in [-0.39, 0.29) is 18.2 Å². The fourth-order valence-corrected chi connectivity index (χ4v) is 2.85. The normalized spacial score (nSPS) is 23.4. The number of aryl methyl sites for hydroxylation is 1. The summed E-state index contributed by atoms with van der Waals surface area (Å²) in [5.74, 6) is 0. The summed E-state index contributed by atoms with van der Waals surface area (Å²) >= 11 is 1.48. The van der Waals surface area contributed by atoms with Crippen molar-refractivity contribution >= 4 is 22.5 Å². The summed E-state index contributed by atoms with van der Waals surface area (Å²) in [5.41, 5.74) is 1.05. The van der Waals surface area contributed by atoms with E-state index in [2.05, 4.69) is 17.2 Å². The Morgan fingerprint density at radius 1 is 1.63 bits per heavy atom. The van der Waals surface area contributed by atoms with Crippen molar-refractivity contribution in [3.8, 4) is 0 Å². The molecule has 1 aromatic heterocycles. The van der Waals surface area contributed by atoms with E-state index in [9.17, 15) is 4.79 Å². The Morgan fingerprint density at radius 3 is 3.16 bits per heavy atom. The van der Waals surface area contributed by atoms with Gasteiger partial charge in [-0.05, 0) is 20.3 Å². The topological polar surface area (TPSA) is 54.5 Å². The van der Waals surface area contributed by atoms with E-state index >= 15 is 0 Å². The van der Waals surface area contributed by atoms with Crippen LogP contribution in [0.15, 0.2) is 5.38 Å². The Hall–Kier alpha value is -1.14. The number of thiazole rings is 1. The first-order valence-electron chi connectivity index (χ1n) is 6.75. The number of rotatable bonds is 3. The van der Waals surface area contributed by atoms with Crippen LogP contribution in [0.3, 0.4) is 0 Å². The summed E-state index contributed by atoms with van der Waals surface area (Å²) in [5, 5.41) is 5.57. The molecule has 2 rings (SSSR count). The lowest BCUT2D eigenvalue weighted by Gasteiger charge is -2.37. The number of carbonyl (C=O) groups is 1. The van der Waals surface area contributed by atoms with E-state index in [1.54, 1.807) is 0 Å². The predicted molar refractivity (Wildman–Crippen MR) is 76.7 cm³/mol. The summed E-state index contributed by atoms with van der Waals surface area (Å²) in [6.07, 6.45) is 2.10. The van der Waals surface area contributed by atoms with Crippen molar-refractivity contribution in [3.63, 3.8) is 0 Å². The van der Waals surface area contributed by atoms with Crippen LogP contribution in [0.1, 0.15) is 32.9 Å². The third-order valence-electron chi connectivity index (χ3n) is 3.42. The highest BCUT2D eigenvalue weighted by atomic mass is 32.1. The van der Waals surface area contributed by atoms with Crippen molar-refractivity contribution in [1.29, 1.82) is 0 Å². The minimum absolute atomic E-state index is 0.0754. The van der Waals surface area contributed by atoms with Gasteiger partial charge in [0.25, 0.3) is 0 Å². The zero-order valence-corrected chi connectivity index (χ0v) is 12.5. The van der Waals surface area contributed by atoms with Gasteiger partial charge in [-0.2, -0.15) is 0 Å². The molecular formula is C13H21N3O2S. The standard InChI is InChI=1S/C13H21N3O2S/c1-4-5-11-8-19-12(14-11)15-13(17)16-6-7-18-10(3)9(16)2/h8-10H,4-7H2,1-3H3,(H,14,15,17)/t9-,10-/m1/s1. The van der Waals surface area contributed by atoms with Crippen LogP contribution in [0, 0.1) is 0 Å². The van der Waals surface area contributed by atoms with Crippen LogP contribution < -0.4 is 5.32 Å². The van der Waals surface area contributed by atoms with Crippen LogP contribution >= 0.6 is 11.3 Å². The molecule has 1 fully saturated rings. The van der Waals surface area contributed by atoms with Gasteiger partial charge in [0, 0.05) is 11.9 Å². The highest BCUT2D eigenvalue weighted by Gasteiger charge is 2.29. The van der Waals surface area contributed by atoms with Gasteiger partial charge in [-0.25, -0.2) is 9.78 Å². The molecule has 5 nitrogen and oxygen atoms in total. The molecule has 1 aliphatic heterocycles. The lowest BCUT2D eigenvalue weighted by Crippen LogP contribution is -2.52.